The monoisotopic (exact) mass is 287 g/mol. The summed E-state index contributed by atoms with van der Waals surface area (Å²) in [6.45, 7) is 0. The van der Waals surface area contributed by atoms with Gasteiger partial charge in [-0.05, 0) is 18.6 Å². The van der Waals surface area contributed by atoms with E-state index in [1.54, 1.807) is 0 Å². The predicted octanol–water partition coefficient (Wildman–Crippen LogP) is 2.28. The van der Waals surface area contributed by atoms with E-state index in [-0.39, 0.29) is 22.7 Å². The Bertz CT molecular complexity index is 530. The third kappa shape index (κ3) is 3.92. The maximum absolute atomic E-state index is 11.1. The third-order valence-electron chi connectivity index (χ3n) is 2.51. The summed E-state index contributed by atoms with van der Waals surface area (Å²) in [5.74, 6) is -3.78. The molecule has 1 rings (SSSR count). The van der Waals surface area contributed by atoms with Crippen LogP contribution in [-0.4, -0.2) is 27.1 Å². The first-order valence-corrected chi connectivity index (χ1v) is 5.59. The molecule has 102 valence electrons. The molecule has 1 unspecified atom stereocenters. The molecule has 2 N–H and O–H groups in total. The molecule has 19 heavy (non-hydrogen) atoms. The maximum atomic E-state index is 11.1. The van der Waals surface area contributed by atoms with E-state index in [0.717, 1.165) is 6.07 Å². The van der Waals surface area contributed by atoms with Crippen molar-refractivity contribution in [2.45, 2.75) is 18.8 Å². The molecule has 0 bridgehead atoms. The summed E-state index contributed by atoms with van der Waals surface area (Å²) in [6.07, 6.45) is -0.646. The molecule has 0 amide bonds. The zero-order valence-corrected chi connectivity index (χ0v) is 10.3. The maximum Gasteiger partial charge on any atom is 0.311 e. The SMILES string of the molecule is O=C(O)CCC(C(=O)O)c1cc(Cl)ccc1[N+](=O)[O-]. The van der Waals surface area contributed by atoms with E-state index < -0.39 is 29.2 Å². The van der Waals surface area contributed by atoms with Crippen LogP contribution in [0.2, 0.25) is 5.02 Å². The first-order valence-electron chi connectivity index (χ1n) is 5.21. The van der Waals surface area contributed by atoms with Crippen LogP contribution in [0.15, 0.2) is 18.2 Å². The van der Waals surface area contributed by atoms with Crippen LogP contribution in [0.1, 0.15) is 24.3 Å². The summed E-state index contributed by atoms with van der Waals surface area (Å²) in [4.78, 5) is 31.8. The summed E-state index contributed by atoms with van der Waals surface area (Å²) >= 11 is 5.70. The van der Waals surface area contributed by atoms with Gasteiger partial charge in [0.2, 0.25) is 0 Å². The van der Waals surface area contributed by atoms with Crippen molar-refractivity contribution in [2.24, 2.45) is 0 Å². The van der Waals surface area contributed by atoms with Gasteiger partial charge in [-0.15, -0.1) is 0 Å². The number of hydrogen-bond acceptors (Lipinski definition) is 4. The molecule has 0 aliphatic heterocycles. The minimum Gasteiger partial charge on any atom is -0.481 e. The zero-order chi connectivity index (χ0) is 14.6. The van der Waals surface area contributed by atoms with Crippen LogP contribution in [0, 0.1) is 10.1 Å². The molecule has 1 aromatic rings. The van der Waals surface area contributed by atoms with Crippen molar-refractivity contribution in [3.63, 3.8) is 0 Å². The minimum atomic E-state index is -1.33. The lowest BCUT2D eigenvalue weighted by Crippen LogP contribution is -2.15. The smallest absolute Gasteiger partial charge is 0.311 e. The van der Waals surface area contributed by atoms with Gasteiger partial charge < -0.3 is 10.2 Å². The lowest BCUT2D eigenvalue weighted by molar-refractivity contribution is -0.385. The van der Waals surface area contributed by atoms with Gasteiger partial charge in [-0.2, -0.15) is 0 Å². The van der Waals surface area contributed by atoms with Crippen molar-refractivity contribution in [1.82, 2.24) is 0 Å². The molecule has 8 heteroatoms. The first-order chi connectivity index (χ1) is 8.82. The number of nitro groups is 1. The molecule has 0 heterocycles. The van der Waals surface area contributed by atoms with E-state index >= 15 is 0 Å². The van der Waals surface area contributed by atoms with Gasteiger partial charge in [0.25, 0.3) is 5.69 Å². The van der Waals surface area contributed by atoms with Gasteiger partial charge in [0.05, 0.1) is 10.8 Å². The highest BCUT2D eigenvalue weighted by molar-refractivity contribution is 6.30. The second-order valence-corrected chi connectivity index (χ2v) is 4.22. The fraction of sp³-hybridized carbons (Fsp3) is 0.273. The molecule has 7 nitrogen and oxygen atoms in total. The number of carbonyl (C=O) groups is 2. The minimum absolute atomic E-state index is 0.0914. The number of nitrogens with zero attached hydrogens (tertiary/aromatic N) is 1. The quantitative estimate of drug-likeness (QED) is 0.612. The highest BCUT2D eigenvalue weighted by atomic mass is 35.5. The van der Waals surface area contributed by atoms with Crippen LogP contribution in [0.4, 0.5) is 5.69 Å². The fourth-order valence-corrected chi connectivity index (χ4v) is 1.83. The summed E-state index contributed by atoms with van der Waals surface area (Å²) < 4.78 is 0. The Morgan fingerprint density at radius 3 is 2.47 bits per heavy atom. The van der Waals surface area contributed by atoms with Gasteiger partial charge in [-0.3, -0.25) is 19.7 Å². The molecule has 0 aliphatic rings. The van der Waals surface area contributed by atoms with Crippen molar-refractivity contribution in [1.29, 1.82) is 0 Å². The highest BCUT2D eigenvalue weighted by Gasteiger charge is 2.28. The summed E-state index contributed by atoms with van der Waals surface area (Å²) in [7, 11) is 0. The van der Waals surface area contributed by atoms with Gasteiger partial charge in [0, 0.05) is 23.1 Å². The molecule has 0 aliphatic carbocycles. The number of benzene rings is 1. The van der Waals surface area contributed by atoms with Crippen LogP contribution >= 0.6 is 11.6 Å². The number of carboxylic acid groups (broad SMARTS) is 2. The van der Waals surface area contributed by atoms with Gasteiger partial charge in [0.15, 0.2) is 0 Å². The Labute approximate surface area is 112 Å². The van der Waals surface area contributed by atoms with Crippen molar-refractivity contribution in [3.05, 3.63) is 38.9 Å². The first kappa shape index (κ1) is 14.9. The molecular formula is C11H10ClNO6. The topological polar surface area (TPSA) is 118 Å². The molecule has 0 aromatic heterocycles. The standard InChI is InChI=1S/C11H10ClNO6/c12-6-1-3-9(13(18)19)8(5-6)7(11(16)17)2-4-10(14)15/h1,3,5,7H,2,4H2,(H,14,15)(H,16,17). The Hall–Kier alpha value is -2.15. The number of carboxylic acids is 2. The molecular weight excluding hydrogens is 278 g/mol. The molecule has 0 radical (unpaired) electrons. The van der Waals surface area contributed by atoms with E-state index in [2.05, 4.69) is 0 Å². The zero-order valence-electron chi connectivity index (χ0n) is 9.58. The molecule has 1 aromatic carbocycles. The average molecular weight is 288 g/mol. The van der Waals surface area contributed by atoms with Crippen LogP contribution in [0.3, 0.4) is 0 Å². The van der Waals surface area contributed by atoms with Gasteiger partial charge in [-0.25, -0.2) is 0 Å². The van der Waals surface area contributed by atoms with Gasteiger partial charge >= 0.3 is 11.9 Å². The Balaban J connectivity index is 3.20. The Morgan fingerprint density at radius 1 is 1.37 bits per heavy atom. The molecule has 0 fully saturated rings. The number of hydrogen-bond donors (Lipinski definition) is 2. The molecule has 1 atom stereocenters. The van der Waals surface area contributed by atoms with Crippen molar-refractivity contribution in [3.8, 4) is 0 Å². The van der Waals surface area contributed by atoms with Crippen molar-refractivity contribution < 1.29 is 24.7 Å². The van der Waals surface area contributed by atoms with Crippen LogP contribution in [0.25, 0.3) is 0 Å². The summed E-state index contributed by atoms with van der Waals surface area (Å²) in [6, 6.07) is 3.56. The second kappa shape index (κ2) is 6.14. The Morgan fingerprint density at radius 2 is 2.00 bits per heavy atom. The lowest BCUT2D eigenvalue weighted by Gasteiger charge is -2.12. The largest absolute Gasteiger partial charge is 0.481 e. The van der Waals surface area contributed by atoms with Gasteiger partial charge in [-0.1, -0.05) is 11.6 Å². The Kier molecular flexibility index (Phi) is 4.82. The number of aliphatic carboxylic acids is 2. The van der Waals surface area contributed by atoms with E-state index in [9.17, 15) is 19.7 Å². The van der Waals surface area contributed by atoms with Crippen LogP contribution in [0.5, 0.6) is 0 Å². The number of rotatable bonds is 6. The van der Waals surface area contributed by atoms with Crippen LogP contribution in [-0.2, 0) is 9.59 Å². The number of nitro benzene ring substituents is 1. The second-order valence-electron chi connectivity index (χ2n) is 3.78. The fourth-order valence-electron chi connectivity index (χ4n) is 1.65. The third-order valence-corrected chi connectivity index (χ3v) is 2.74. The van der Waals surface area contributed by atoms with E-state index in [0.29, 0.717) is 0 Å². The predicted molar refractivity (Wildman–Crippen MR) is 65.4 cm³/mol. The van der Waals surface area contributed by atoms with E-state index in [1.165, 1.54) is 12.1 Å². The summed E-state index contributed by atoms with van der Waals surface area (Å²) in [5, 5.41) is 28.7. The normalized spacial score (nSPS) is 11.8. The van der Waals surface area contributed by atoms with Crippen LogP contribution < -0.4 is 0 Å². The molecule has 0 saturated carbocycles. The van der Waals surface area contributed by atoms with Gasteiger partial charge in [0.1, 0.15) is 0 Å². The van der Waals surface area contributed by atoms with Crippen molar-refractivity contribution in [2.75, 3.05) is 0 Å². The van der Waals surface area contributed by atoms with E-state index in [1.807, 2.05) is 0 Å². The van der Waals surface area contributed by atoms with Crippen molar-refractivity contribution >= 4 is 29.2 Å². The lowest BCUT2D eigenvalue weighted by atomic mass is 9.93. The number of halogens is 1. The average Bonchev–Trinajstić information content (AvgIpc) is 2.27. The molecule has 0 spiro atoms. The highest BCUT2D eigenvalue weighted by Crippen LogP contribution is 2.32. The summed E-state index contributed by atoms with van der Waals surface area (Å²) in [5.41, 5.74) is -0.478. The molecule has 0 saturated heterocycles. The van der Waals surface area contributed by atoms with E-state index in [4.69, 9.17) is 21.8 Å².